The first-order valence-corrected chi connectivity index (χ1v) is 7.05. The number of aromatic nitrogens is 2. The highest BCUT2D eigenvalue weighted by Crippen LogP contribution is 2.25. The Bertz CT molecular complexity index is 608. The maximum absolute atomic E-state index is 8.51. The molecule has 2 rings (SSSR count). The quantitative estimate of drug-likeness (QED) is 0.622. The summed E-state index contributed by atoms with van der Waals surface area (Å²) in [5.41, 5.74) is 4.82. The summed E-state index contributed by atoms with van der Waals surface area (Å²) in [7, 11) is 2.05. The van der Waals surface area contributed by atoms with Crippen molar-refractivity contribution in [2.24, 2.45) is 7.05 Å². The predicted octanol–water partition coefficient (Wildman–Crippen LogP) is 3.59. The lowest BCUT2D eigenvalue weighted by atomic mass is 10.1. The third kappa shape index (κ3) is 2.51. The van der Waals surface area contributed by atoms with E-state index in [9.17, 15) is 0 Å². The summed E-state index contributed by atoms with van der Waals surface area (Å²) in [6.07, 6.45) is 1.54. The maximum Gasteiger partial charge on any atom is 0.168 e. The van der Waals surface area contributed by atoms with Crippen LogP contribution in [0.2, 0.25) is 0 Å². The first kappa shape index (κ1) is 13.0. The minimum Gasteiger partial charge on any atom is -0.322 e. The van der Waals surface area contributed by atoms with Gasteiger partial charge >= 0.3 is 0 Å². The van der Waals surface area contributed by atoms with E-state index in [0.717, 1.165) is 22.8 Å². The Morgan fingerprint density at radius 1 is 1.33 bits per heavy atom. The molecule has 0 aliphatic heterocycles. The minimum absolute atomic E-state index is 0.620. The second-order valence-corrected chi connectivity index (χ2v) is 5.55. The van der Waals surface area contributed by atoms with E-state index < -0.39 is 0 Å². The molecule has 0 atom stereocenters. The van der Waals surface area contributed by atoms with Crippen molar-refractivity contribution in [3.8, 4) is 6.07 Å². The number of aryl methyl sites for hydroxylation is 3. The number of rotatable bonds is 4. The summed E-state index contributed by atoms with van der Waals surface area (Å²) in [5, 5.41) is 9.55. The number of hydrogen-bond acceptors (Lipinski definition) is 3. The van der Waals surface area contributed by atoms with Crippen molar-refractivity contribution in [2.45, 2.75) is 31.8 Å². The van der Waals surface area contributed by atoms with E-state index in [1.165, 1.54) is 16.6 Å². The lowest BCUT2D eigenvalue weighted by Gasteiger charge is -2.02. The van der Waals surface area contributed by atoms with E-state index in [1.807, 2.05) is 0 Å². The molecule has 0 radical (unpaired) electrons. The van der Waals surface area contributed by atoms with Crippen LogP contribution in [-0.4, -0.2) is 15.3 Å². The average molecular weight is 259 g/mol. The minimum atomic E-state index is 0.620. The molecule has 2 aromatic rings. The Balaban J connectivity index is 2.25. The highest BCUT2D eigenvalue weighted by molar-refractivity contribution is 7.99. The molecule has 0 spiro atoms. The van der Waals surface area contributed by atoms with E-state index in [2.05, 4.69) is 48.6 Å². The molecule has 0 bridgehead atoms. The van der Waals surface area contributed by atoms with E-state index in [4.69, 9.17) is 5.26 Å². The lowest BCUT2D eigenvalue weighted by Crippen LogP contribution is -1.92. The van der Waals surface area contributed by atoms with Crippen LogP contribution < -0.4 is 0 Å². The maximum atomic E-state index is 8.51. The molecular weight excluding hydrogens is 242 g/mol. The van der Waals surface area contributed by atoms with Crippen LogP contribution in [0.5, 0.6) is 0 Å². The van der Waals surface area contributed by atoms with Gasteiger partial charge < -0.3 is 4.57 Å². The summed E-state index contributed by atoms with van der Waals surface area (Å²) in [6.45, 7) is 4.24. The van der Waals surface area contributed by atoms with Crippen molar-refractivity contribution in [2.75, 3.05) is 5.75 Å². The Labute approximate surface area is 112 Å². The lowest BCUT2D eigenvalue weighted by molar-refractivity contribution is 0.812. The second kappa shape index (κ2) is 5.45. The van der Waals surface area contributed by atoms with Gasteiger partial charge in [0.25, 0.3) is 0 Å². The zero-order valence-electron chi connectivity index (χ0n) is 11.0. The van der Waals surface area contributed by atoms with Gasteiger partial charge in [-0.3, -0.25) is 0 Å². The molecule has 0 amide bonds. The molecule has 1 aromatic heterocycles. The number of fused-ring (bicyclic) bond motifs is 1. The number of nitrogens with zero attached hydrogens (tertiary/aromatic N) is 3. The summed E-state index contributed by atoms with van der Waals surface area (Å²) in [4.78, 5) is 4.65. The zero-order valence-corrected chi connectivity index (χ0v) is 11.8. The molecule has 0 aliphatic carbocycles. The normalized spacial score (nSPS) is 10.8. The highest BCUT2D eigenvalue weighted by atomic mass is 32.2. The fraction of sp³-hybridized carbons (Fsp3) is 0.429. The van der Waals surface area contributed by atoms with Gasteiger partial charge in [0.15, 0.2) is 5.16 Å². The zero-order chi connectivity index (χ0) is 13.1. The predicted molar refractivity (Wildman–Crippen MR) is 75.8 cm³/mol. The number of unbranched alkanes of at least 4 members (excludes halogenated alkanes) is 1. The van der Waals surface area contributed by atoms with E-state index in [1.54, 1.807) is 11.8 Å². The fourth-order valence-corrected chi connectivity index (χ4v) is 2.79. The molecule has 0 saturated carbocycles. The molecule has 0 saturated heterocycles. The summed E-state index contributed by atoms with van der Waals surface area (Å²) >= 11 is 1.73. The number of hydrogen-bond donors (Lipinski definition) is 0. The average Bonchev–Trinajstić information content (AvgIpc) is 2.63. The van der Waals surface area contributed by atoms with Crippen LogP contribution in [0.4, 0.5) is 0 Å². The molecule has 1 heterocycles. The molecule has 0 fully saturated rings. The highest BCUT2D eigenvalue weighted by Gasteiger charge is 2.09. The van der Waals surface area contributed by atoms with Gasteiger partial charge in [-0.1, -0.05) is 11.8 Å². The molecule has 1 aromatic carbocycles. The molecule has 18 heavy (non-hydrogen) atoms. The molecule has 3 nitrogen and oxygen atoms in total. The van der Waals surface area contributed by atoms with Crippen LogP contribution in [0.1, 0.15) is 24.0 Å². The number of thioether (sulfide) groups is 1. The van der Waals surface area contributed by atoms with Crippen molar-refractivity contribution in [1.82, 2.24) is 9.55 Å². The Morgan fingerprint density at radius 3 is 2.78 bits per heavy atom. The van der Waals surface area contributed by atoms with Gasteiger partial charge in [0.1, 0.15) is 0 Å². The molecule has 0 N–H and O–H groups in total. The summed E-state index contributed by atoms with van der Waals surface area (Å²) < 4.78 is 2.14. The van der Waals surface area contributed by atoms with Crippen LogP contribution in [0.25, 0.3) is 11.0 Å². The van der Waals surface area contributed by atoms with Crippen molar-refractivity contribution >= 4 is 22.8 Å². The van der Waals surface area contributed by atoms with Gasteiger partial charge in [0.05, 0.1) is 17.1 Å². The van der Waals surface area contributed by atoms with E-state index in [-0.39, 0.29) is 0 Å². The Kier molecular flexibility index (Phi) is 3.93. The standard InChI is InChI=1S/C14H17N3S/c1-10-8-12-13(9-11(10)2)17(3)14(16-12)18-7-5-4-6-15/h8-9H,4-5,7H2,1-3H3. The van der Waals surface area contributed by atoms with Crippen LogP contribution in [0, 0.1) is 25.2 Å². The van der Waals surface area contributed by atoms with Crippen molar-refractivity contribution in [1.29, 1.82) is 5.26 Å². The van der Waals surface area contributed by atoms with Gasteiger partial charge in [0.2, 0.25) is 0 Å². The number of imidazole rings is 1. The smallest absolute Gasteiger partial charge is 0.168 e. The largest absolute Gasteiger partial charge is 0.322 e. The Morgan fingerprint density at radius 2 is 2.06 bits per heavy atom. The van der Waals surface area contributed by atoms with E-state index >= 15 is 0 Å². The van der Waals surface area contributed by atoms with Gasteiger partial charge in [-0.25, -0.2) is 4.98 Å². The topological polar surface area (TPSA) is 41.6 Å². The third-order valence-corrected chi connectivity index (χ3v) is 4.24. The molecule has 0 aliphatic rings. The van der Waals surface area contributed by atoms with Gasteiger partial charge in [-0.2, -0.15) is 5.26 Å². The SMILES string of the molecule is Cc1cc2nc(SCCCC#N)n(C)c2cc1C. The van der Waals surface area contributed by atoms with Crippen molar-refractivity contribution in [3.63, 3.8) is 0 Å². The second-order valence-electron chi connectivity index (χ2n) is 4.49. The summed E-state index contributed by atoms with van der Waals surface area (Å²) in [6, 6.07) is 6.50. The van der Waals surface area contributed by atoms with Crippen molar-refractivity contribution < 1.29 is 0 Å². The summed E-state index contributed by atoms with van der Waals surface area (Å²) in [5.74, 6) is 0.947. The fourth-order valence-electron chi connectivity index (χ4n) is 1.87. The van der Waals surface area contributed by atoms with Gasteiger partial charge in [-0.05, 0) is 43.5 Å². The van der Waals surface area contributed by atoms with Crippen LogP contribution >= 0.6 is 11.8 Å². The van der Waals surface area contributed by atoms with E-state index in [0.29, 0.717) is 6.42 Å². The third-order valence-electron chi connectivity index (χ3n) is 3.12. The van der Waals surface area contributed by atoms with Gasteiger partial charge in [-0.15, -0.1) is 0 Å². The molecular formula is C14H17N3S. The first-order valence-electron chi connectivity index (χ1n) is 6.07. The number of benzene rings is 1. The van der Waals surface area contributed by atoms with Crippen LogP contribution in [0.15, 0.2) is 17.3 Å². The van der Waals surface area contributed by atoms with Crippen molar-refractivity contribution in [3.05, 3.63) is 23.3 Å². The van der Waals surface area contributed by atoms with Gasteiger partial charge in [0, 0.05) is 19.2 Å². The number of nitriles is 1. The Hall–Kier alpha value is -1.47. The van der Waals surface area contributed by atoms with Crippen LogP contribution in [-0.2, 0) is 7.05 Å². The monoisotopic (exact) mass is 259 g/mol. The first-order chi connectivity index (χ1) is 8.63. The van der Waals surface area contributed by atoms with Crippen LogP contribution in [0.3, 0.4) is 0 Å². The molecule has 94 valence electrons. The molecule has 0 unspecified atom stereocenters. The molecule has 4 heteroatoms.